The van der Waals surface area contributed by atoms with E-state index >= 15 is 0 Å². The first-order chi connectivity index (χ1) is 8.75. The van der Waals surface area contributed by atoms with Gasteiger partial charge in [-0.1, -0.05) is 0 Å². The van der Waals surface area contributed by atoms with Gasteiger partial charge in [0.2, 0.25) is 0 Å². The lowest BCUT2D eigenvalue weighted by Gasteiger charge is -2.14. The molecule has 1 unspecified atom stereocenters. The second-order valence-corrected chi connectivity index (χ2v) is 4.88. The summed E-state index contributed by atoms with van der Waals surface area (Å²) >= 11 is 0. The van der Waals surface area contributed by atoms with Crippen molar-refractivity contribution in [3.63, 3.8) is 0 Å². The van der Waals surface area contributed by atoms with Crippen LogP contribution in [0.3, 0.4) is 0 Å². The van der Waals surface area contributed by atoms with Crippen LogP contribution in [0.5, 0.6) is 0 Å². The van der Waals surface area contributed by atoms with Crippen LogP contribution in [-0.4, -0.2) is 22.7 Å². The minimum atomic E-state index is -0.269. The smallest absolute Gasteiger partial charge is 0.0740 e. The lowest BCUT2D eigenvalue weighted by Crippen LogP contribution is -2.21. The van der Waals surface area contributed by atoms with E-state index in [2.05, 4.69) is 10.3 Å². The van der Waals surface area contributed by atoms with Crippen molar-refractivity contribution in [2.45, 2.75) is 18.9 Å². The molecule has 1 aliphatic carbocycles. The largest absolute Gasteiger partial charge is 0.397 e. The summed E-state index contributed by atoms with van der Waals surface area (Å²) in [6, 6.07) is 7.70. The minimum Gasteiger partial charge on any atom is -0.397 e. The maximum absolute atomic E-state index is 9.84. The quantitative estimate of drug-likeness (QED) is 0.718. The highest BCUT2D eigenvalue weighted by atomic mass is 16.3. The standard InChI is InChI=1S/C14H17N3O/c15-14-10-2-1-7-16-11(10)5-6-12(14)17-8-13(18)9-3-4-9/h1-2,5-7,9,13,17-18H,3-4,8,15H2. The Labute approximate surface area is 106 Å². The number of benzene rings is 1. The monoisotopic (exact) mass is 243 g/mol. The average molecular weight is 243 g/mol. The Morgan fingerprint density at radius 2 is 2.22 bits per heavy atom. The predicted octanol–water partition coefficient (Wildman–Crippen LogP) is 2.00. The summed E-state index contributed by atoms with van der Waals surface area (Å²) < 4.78 is 0. The van der Waals surface area contributed by atoms with E-state index in [-0.39, 0.29) is 6.10 Å². The van der Waals surface area contributed by atoms with Crippen molar-refractivity contribution in [3.8, 4) is 0 Å². The number of nitrogens with zero attached hydrogens (tertiary/aromatic N) is 1. The lowest BCUT2D eigenvalue weighted by atomic mass is 10.1. The number of aliphatic hydroxyl groups is 1. The number of hydrogen-bond acceptors (Lipinski definition) is 4. The summed E-state index contributed by atoms with van der Waals surface area (Å²) in [6.45, 7) is 0.556. The van der Waals surface area contributed by atoms with Gasteiger partial charge in [-0.2, -0.15) is 0 Å². The Balaban J connectivity index is 1.81. The molecule has 4 N–H and O–H groups in total. The van der Waals surface area contributed by atoms with Gasteiger partial charge in [0.1, 0.15) is 0 Å². The van der Waals surface area contributed by atoms with E-state index < -0.39 is 0 Å². The predicted molar refractivity (Wildman–Crippen MR) is 73.4 cm³/mol. The maximum Gasteiger partial charge on any atom is 0.0740 e. The van der Waals surface area contributed by atoms with Crippen LogP contribution in [0.15, 0.2) is 30.5 Å². The summed E-state index contributed by atoms with van der Waals surface area (Å²) in [5, 5.41) is 14.0. The molecule has 4 nitrogen and oxygen atoms in total. The van der Waals surface area contributed by atoms with E-state index in [9.17, 15) is 5.11 Å². The van der Waals surface area contributed by atoms with E-state index in [1.165, 1.54) is 0 Å². The lowest BCUT2D eigenvalue weighted by molar-refractivity contribution is 0.164. The number of rotatable bonds is 4. The van der Waals surface area contributed by atoms with Gasteiger partial charge in [-0.25, -0.2) is 0 Å². The molecule has 1 aromatic heterocycles. The Morgan fingerprint density at radius 3 is 3.00 bits per heavy atom. The Hall–Kier alpha value is -1.81. The number of anilines is 2. The van der Waals surface area contributed by atoms with Crippen LogP contribution in [0.1, 0.15) is 12.8 Å². The van der Waals surface area contributed by atoms with Gasteiger partial charge < -0.3 is 16.2 Å². The van der Waals surface area contributed by atoms with Gasteiger partial charge in [-0.15, -0.1) is 0 Å². The highest BCUT2D eigenvalue weighted by Gasteiger charge is 2.29. The Bertz CT molecular complexity index is 566. The summed E-state index contributed by atoms with van der Waals surface area (Å²) in [5.74, 6) is 0.473. The molecular formula is C14H17N3O. The molecule has 18 heavy (non-hydrogen) atoms. The number of hydrogen-bond donors (Lipinski definition) is 3. The molecule has 1 atom stereocenters. The second kappa shape index (κ2) is 4.46. The number of fused-ring (bicyclic) bond motifs is 1. The minimum absolute atomic E-state index is 0.269. The zero-order valence-corrected chi connectivity index (χ0v) is 10.1. The Kier molecular flexibility index (Phi) is 2.80. The van der Waals surface area contributed by atoms with Crippen LogP contribution in [0.4, 0.5) is 11.4 Å². The van der Waals surface area contributed by atoms with Crippen LogP contribution in [0.2, 0.25) is 0 Å². The van der Waals surface area contributed by atoms with Crippen LogP contribution < -0.4 is 11.1 Å². The molecule has 0 amide bonds. The molecule has 1 aliphatic rings. The summed E-state index contributed by atoms with van der Waals surface area (Å²) in [6.07, 6.45) is 3.76. The zero-order chi connectivity index (χ0) is 12.5. The molecule has 0 radical (unpaired) electrons. The highest BCUT2D eigenvalue weighted by molar-refractivity contribution is 5.96. The SMILES string of the molecule is Nc1c(NCC(O)C2CC2)ccc2ncccc12. The molecule has 0 spiro atoms. The topological polar surface area (TPSA) is 71.2 Å². The fourth-order valence-corrected chi connectivity index (χ4v) is 2.19. The fourth-order valence-electron chi connectivity index (χ4n) is 2.19. The average Bonchev–Trinajstić information content (AvgIpc) is 3.22. The third-order valence-corrected chi connectivity index (χ3v) is 3.49. The molecule has 1 heterocycles. The third kappa shape index (κ3) is 2.11. The van der Waals surface area contributed by atoms with Gasteiger partial charge >= 0.3 is 0 Å². The molecule has 1 saturated carbocycles. The first-order valence-electron chi connectivity index (χ1n) is 6.31. The second-order valence-electron chi connectivity index (χ2n) is 4.88. The number of pyridine rings is 1. The fraction of sp³-hybridized carbons (Fsp3) is 0.357. The van der Waals surface area contributed by atoms with Gasteiger partial charge in [0.15, 0.2) is 0 Å². The number of nitrogens with one attached hydrogen (secondary N) is 1. The molecule has 4 heteroatoms. The number of aromatic nitrogens is 1. The molecule has 1 fully saturated rings. The number of aliphatic hydroxyl groups excluding tert-OH is 1. The van der Waals surface area contributed by atoms with Crippen molar-refractivity contribution in [2.75, 3.05) is 17.6 Å². The number of nitrogens with two attached hydrogens (primary N) is 1. The van der Waals surface area contributed by atoms with Gasteiger partial charge in [0, 0.05) is 18.1 Å². The molecule has 0 saturated heterocycles. The molecule has 3 rings (SSSR count). The first kappa shape index (κ1) is 11.3. The van der Waals surface area contributed by atoms with E-state index in [1.54, 1.807) is 6.20 Å². The molecule has 2 aromatic rings. The molecule has 94 valence electrons. The molecular weight excluding hydrogens is 226 g/mol. The zero-order valence-electron chi connectivity index (χ0n) is 10.1. The van der Waals surface area contributed by atoms with E-state index in [0.29, 0.717) is 18.2 Å². The molecule has 1 aromatic carbocycles. The van der Waals surface area contributed by atoms with Crippen LogP contribution >= 0.6 is 0 Å². The van der Waals surface area contributed by atoms with Crippen molar-refractivity contribution < 1.29 is 5.11 Å². The van der Waals surface area contributed by atoms with Crippen molar-refractivity contribution in [2.24, 2.45) is 5.92 Å². The van der Waals surface area contributed by atoms with Crippen molar-refractivity contribution in [1.29, 1.82) is 0 Å². The van der Waals surface area contributed by atoms with E-state index in [1.807, 2.05) is 24.3 Å². The molecule has 0 aliphatic heterocycles. The van der Waals surface area contributed by atoms with Gasteiger partial charge in [-0.05, 0) is 43.0 Å². The Morgan fingerprint density at radius 1 is 1.39 bits per heavy atom. The van der Waals surface area contributed by atoms with Crippen molar-refractivity contribution in [1.82, 2.24) is 4.98 Å². The number of nitrogen functional groups attached to an aromatic ring is 1. The summed E-state index contributed by atoms with van der Waals surface area (Å²) in [4.78, 5) is 4.26. The third-order valence-electron chi connectivity index (χ3n) is 3.49. The van der Waals surface area contributed by atoms with Crippen LogP contribution in [-0.2, 0) is 0 Å². The van der Waals surface area contributed by atoms with Crippen molar-refractivity contribution in [3.05, 3.63) is 30.5 Å². The van der Waals surface area contributed by atoms with Crippen molar-refractivity contribution >= 4 is 22.3 Å². The maximum atomic E-state index is 9.84. The van der Waals surface area contributed by atoms with E-state index in [4.69, 9.17) is 5.73 Å². The van der Waals surface area contributed by atoms with Gasteiger partial charge in [0.25, 0.3) is 0 Å². The summed E-state index contributed by atoms with van der Waals surface area (Å²) in [7, 11) is 0. The van der Waals surface area contributed by atoms with Crippen LogP contribution in [0.25, 0.3) is 10.9 Å². The summed E-state index contributed by atoms with van der Waals surface area (Å²) in [5.41, 5.74) is 8.57. The van der Waals surface area contributed by atoms with Gasteiger partial charge in [0.05, 0.1) is 23.0 Å². The van der Waals surface area contributed by atoms with Crippen LogP contribution in [0, 0.1) is 5.92 Å². The highest BCUT2D eigenvalue weighted by Crippen LogP contribution is 2.33. The van der Waals surface area contributed by atoms with Gasteiger partial charge in [-0.3, -0.25) is 4.98 Å². The normalized spacial score (nSPS) is 16.7. The van der Waals surface area contributed by atoms with E-state index in [0.717, 1.165) is 29.4 Å². The molecule has 0 bridgehead atoms. The first-order valence-corrected chi connectivity index (χ1v) is 6.31.